The Labute approximate surface area is 302 Å². The van der Waals surface area contributed by atoms with Crippen molar-refractivity contribution in [3.63, 3.8) is 0 Å². The Balaban J connectivity index is 1.41. The van der Waals surface area contributed by atoms with E-state index in [9.17, 15) is 20.4 Å². The largest absolute Gasteiger partial charge is 0.508 e. The molecule has 5 rings (SSSR count). The third kappa shape index (κ3) is 10.6. The van der Waals surface area contributed by atoms with Crippen LogP contribution in [-0.4, -0.2) is 107 Å². The number of hydrogen-bond acceptors (Lipinski definition) is 10. The molecule has 0 unspecified atom stereocenters. The van der Waals surface area contributed by atoms with Crippen molar-refractivity contribution in [1.29, 1.82) is 0 Å². The summed E-state index contributed by atoms with van der Waals surface area (Å²) >= 11 is 12.8. The van der Waals surface area contributed by atoms with E-state index in [1.807, 2.05) is 24.3 Å². The lowest BCUT2D eigenvalue weighted by molar-refractivity contribution is 0.277. The van der Waals surface area contributed by atoms with Gasteiger partial charge in [0.05, 0.1) is 26.2 Å². The Hall–Kier alpha value is -4.74. The fourth-order valence-electron chi connectivity index (χ4n) is 5.44. The van der Waals surface area contributed by atoms with Crippen LogP contribution in [0.2, 0.25) is 10.0 Å². The van der Waals surface area contributed by atoms with E-state index in [-0.39, 0.29) is 23.0 Å². The highest BCUT2D eigenvalue weighted by Crippen LogP contribution is 2.26. The molecule has 4 aromatic carbocycles. The molecule has 12 heteroatoms. The number of aromatic hydroxyl groups is 4. The number of aliphatic imine (C=N–C) groups is 4. The number of hydrogen-bond donors (Lipinski definition) is 4. The fraction of sp³-hybridized carbons (Fsp3) is 0.263. The zero-order valence-corrected chi connectivity index (χ0v) is 29.0. The van der Waals surface area contributed by atoms with Crippen molar-refractivity contribution < 1.29 is 20.4 Å². The van der Waals surface area contributed by atoms with Crippen molar-refractivity contribution in [3.8, 4) is 23.0 Å². The van der Waals surface area contributed by atoms with E-state index in [1.165, 1.54) is 0 Å². The van der Waals surface area contributed by atoms with Crippen LogP contribution in [0, 0.1) is 0 Å². The molecule has 4 N–H and O–H groups in total. The molecule has 1 aliphatic heterocycles. The minimum atomic E-state index is 0.0312. The summed E-state index contributed by atoms with van der Waals surface area (Å²) < 4.78 is 0. The first-order chi connectivity index (χ1) is 24.3. The van der Waals surface area contributed by atoms with Crippen LogP contribution in [0.25, 0.3) is 0 Å². The molecule has 0 radical (unpaired) electrons. The quantitative estimate of drug-likeness (QED) is 0.199. The molecule has 0 atom stereocenters. The van der Waals surface area contributed by atoms with Gasteiger partial charge < -0.3 is 20.4 Å². The predicted octanol–water partition coefficient (Wildman–Crippen LogP) is 6.21. The molecule has 0 amide bonds. The molecule has 4 aromatic rings. The first-order valence-corrected chi connectivity index (χ1v) is 17.0. The Bertz CT molecular complexity index is 1670. The monoisotopic (exact) mass is 714 g/mol. The van der Waals surface area contributed by atoms with Gasteiger partial charge in [-0.1, -0.05) is 59.6 Å². The van der Waals surface area contributed by atoms with Gasteiger partial charge in [0.25, 0.3) is 0 Å². The highest BCUT2D eigenvalue weighted by molar-refractivity contribution is 6.31. The number of halogens is 2. The summed E-state index contributed by atoms with van der Waals surface area (Å²) in [5, 5.41) is 43.7. The Kier molecular flexibility index (Phi) is 13.4. The van der Waals surface area contributed by atoms with E-state index in [1.54, 1.807) is 73.4 Å². The molecule has 0 aliphatic carbocycles. The van der Waals surface area contributed by atoms with Crippen LogP contribution < -0.4 is 0 Å². The molecule has 0 saturated carbocycles. The number of nitrogens with zero attached hydrogens (tertiary/aromatic N) is 6. The first-order valence-electron chi connectivity index (χ1n) is 16.3. The topological polar surface area (TPSA) is 137 Å². The van der Waals surface area contributed by atoms with Crippen LogP contribution in [0.1, 0.15) is 33.4 Å². The zero-order valence-electron chi connectivity index (χ0n) is 27.5. The van der Waals surface area contributed by atoms with Crippen LogP contribution in [-0.2, 0) is 13.1 Å². The van der Waals surface area contributed by atoms with E-state index in [0.717, 1.165) is 11.1 Å². The molecule has 260 valence electrons. The van der Waals surface area contributed by atoms with Crippen LogP contribution in [0.15, 0.2) is 92.8 Å². The summed E-state index contributed by atoms with van der Waals surface area (Å²) in [7, 11) is 0. The van der Waals surface area contributed by atoms with Gasteiger partial charge >= 0.3 is 0 Å². The fourth-order valence-corrected chi connectivity index (χ4v) is 5.91. The third-order valence-electron chi connectivity index (χ3n) is 8.14. The molecular weight excluding hydrogens is 675 g/mol. The van der Waals surface area contributed by atoms with Crippen LogP contribution in [0.5, 0.6) is 23.0 Å². The average molecular weight is 716 g/mol. The maximum absolute atomic E-state index is 11.0. The lowest BCUT2D eigenvalue weighted by Gasteiger charge is -2.21. The van der Waals surface area contributed by atoms with Crippen LogP contribution in [0.4, 0.5) is 0 Å². The summed E-state index contributed by atoms with van der Waals surface area (Å²) in [6.45, 7) is 4.82. The van der Waals surface area contributed by atoms with Gasteiger partial charge in [-0.3, -0.25) is 29.8 Å². The predicted molar refractivity (Wildman–Crippen MR) is 203 cm³/mol. The summed E-state index contributed by atoms with van der Waals surface area (Å²) in [4.78, 5) is 22.5. The number of fused-ring (bicyclic) bond motifs is 4. The molecule has 0 spiro atoms. The summed E-state index contributed by atoms with van der Waals surface area (Å²) in [5.74, 6) is 0.486. The van der Waals surface area contributed by atoms with E-state index in [2.05, 4.69) is 29.8 Å². The van der Waals surface area contributed by atoms with Crippen molar-refractivity contribution in [3.05, 3.63) is 116 Å². The van der Waals surface area contributed by atoms with Crippen LogP contribution in [0.3, 0.4) is 0 Å². The van der Waals surface area contributed by atoms with Crippen molar-refractivity contribution in [2.24, 2.45) is 20.0 Å². The maximum atomic E-state index is 11.0. The minimum Gasteiger partial charge on any atom is -0.508 e. The highest BCUT2D eigenvalue weighted by atomic mass is 35.5. The second-order valence-electron chi connectivity index (χ2n) is 11.8. The van der Waals surface area contributed by atoms with E-state index in [4.69, 9.17) is 23.2 Å². The average Bonchev–Trinajstić information content (AvgIpc) is 3.09. The number of para-hydroxylation sites is 2. The molecule has 0 saturated heterocycles. The maximum Gasteiger partial charge on any atom is 0.133 e. The SMILES string of the molecule is Oc1ccccc1CN1CCN=Cc2cc(Cl)cc(c2O)C=NCCN(Cc2ccccc2O)CCN=Cc2cc(Cl)cc(c2O)C=NCC1. The molecular formula is C38H40Cl2N6O4. The normalized spacial score (nSPS) is 15.6. The van der Waals surface area contributed by atoms with E-state index >= 15 is 0 Å². The number of phenols is 4. The second kappa shape index (κ2) is 18.3. The molecule has 1 aliphatic rings. The second-order valence-corrected chi connectivity index (χ2v) is 12.7. The van der Waals surface area contributed by atoms with Gasteiger partial charge in [-0.25, -0.2) is 0 Å². The highest BCUT2D eigenvalue weighted by Gasteiger charge is 2.12. The number of phenolic OH excluding ortho intramolecular Hbond substituents is 4. The summed E-state index contributed by atoms with van der Waals surface area (Å²) in [6.07, 6.45) is 6.39. The Morgan fingerprint density at radius 2 is 0.780 bits per heavy atom. The van der Waals surface area contributed by atoms with E-state index in [0.29, 0.717) is 97.7 Å². The van der Waals surface area contributed by atoms with Gasteiger partial charge in [-0.15, -0.1) is 0 Å². The van der Waals surface area contributed by atoms with Crippen molar-refractivity contribution in [2.45, 2.75) is 13.1 Å². The minimum absolute atomic E-state index is 0.0312. The Morgan fingerprint density at radius 3 is 1.08 bits per heavy atom. The molecule has 10 nitrogen and oxygen atoms in total. The van der Waals surface area contributed by atoms with Gasteiger partial charge in [0.2, 0.25) is 0 Å². The molecule has 1 heterocycles. The van der Waals surface area contributed by atoms with Gasteiger partial charge in [0.15, 0.2) is 0 Å². The van der Waals surface area contributed by atoms with Gasteiger partial charge in [-0.05, 0) is 36.4 Å². The van der Waals surface area contributed by atoms with Crippen molar-refractivity contribution in [2.75, 3.05) is 52.4 Å². The smallest absolute Gasteiger partial charge is 0.133 e. The number of rotatable bonds is 4. The molecule has 50 heavy (non-hydrogen) atoms. The standard InChI is InChI=1S/C38H40Cl2N6O4/c39-33-17-29-21-41-9-13-45(25-27-5-1-3-7-35(27)47)14-10-42-22-30-18-34(40)20-32(38(30)50)24-44-12-16-46(26-28-6-2-4-8-36(28)48)15-11-43-23-31(19-33)37(29)49/h1-8,17-24,47-50H,9-16,25-26H2. The van der Waals surface area contributed by atoms with E-state index < -0.39 is 0 Å². The van der Waals surface area contributed by atoms with Gasteiger partial charge in [-0.2, -0.15) is 0 Å². The lowest BCUT2D eigenvalue weighted by Crippen LogP contribution is -2.29. The van der Waals surface area contributed by atoms with Crippen LogP contribution >= 0.6 is 23.2 Å². The third-order valence-corrected chi connectivity index (χ3v) is 8.58. The number of benzene rings is 4. The zero-order chi connectivity index (χ0) is 35.3. The van der Waals surface area contributed by atoms with Crippen molar-refractivity contribution in [1.82, 2.24) is 9.80 Å². The first kappa shape index (κ1) is 36.5. The molecule has 0 fully saturated rings. The van der Waals surface area contributed by atoms with Crippen molar-refractivity contribution >= 4 is 48.1 Å². The van der Waals surface area contributed by atoms with Gasteiger partial charge in [0, 0.05) is 108 Å². The summed E-state index contributed by atoms with van der Waals surface area (Å²) in [5.41, 5.74) is 3.47. The summed E-state index contributed by atoms with van der Waals surface area (Å²) in [6, 6.07) is 21.0. The van der Waals surface area contributed by atoms with Gasteiger partial charge in [0.1, 0.15) is 23.0 Å². The molecule has 0 aromatic heterocycles. The molecule has 4 bridgehead atoms. The Morgan fingerprint density at radius 1 is 0.480 bits per heavy atom. The lowest BCUT2D eigenvalue weighted by atomic mass is 10.1.